The summed E-state index contributed by atoms with van der Waals surface area (Å²) >= 11 is 1.57. The molecule has 5 rings (SSSR count). The highest BCUT2D eigenvalue weighted by molar-refractivity contribution is 7.21. The molecule has 0 bridgehead atoms. The van der Waals surface area contributed by atoms with E-state index in [2.05, 4.69) is 16.4 Å². The molecule has 32 heavy (non-hydrogen) atoms. The van der Waals surface area contributed by atoms with Crippen LogP contribution in [0.1, 0.15) is 22.6 Å². The highest BCUT2D eigenvalue weighted by Gasteiger charge is 2.23. The van der Waals surface area contributed by atoms with Crippen LogP contribution in [0.4, 0.5) is 5.69 Å². The van der Waals surface area contributed by atoms with Crippen LogP contribution >= 0.6 is 11.3 Å². The van der Waals surface area contributed by atoms with E-state index in [1.165, 1.54) is 0 Å². The van der Waals surface area contributed by atoms with Crippen LogP contribution in [0, 0.1) is 6.92 Å². The summed E-state index contributed by atoms with van der Waals surface area (Å²) in [6.07, 6.45) is 1.78. The van der Waals surface area contributed by atoms with E-state index >= 15 is 0 Å². The molecule has 156 valence electrons. The van der Waals surface area contributed by atoms with Crippen LogP contribution in [0.2, 0.25) is 0 Å². The molecule has 1 amide bonds. The lowest BCUT2D eigenvalue weighted by Crippen LogP contribution is -2.22. The van der Waals surface area contributed by atoms with Gasteiger partial charge < -0.3 is 5.32 Å². The number of carbonyl (C=O) groups is 1. The second-order valence-corrected chi connectivity index (χ2v) is 8.60. The van der Waals surface area contributed by atoms with Crippen LogP contribution < -0.4 is 5.32 Å². The highest BCUT2D eigenvalue weighted by atomic mass is 32.1. The summed E-state index contributed by atoms with van der Waals surface area (Å²) in [7, 11) is 0. The van der Waals surface area contributed by atoms with E-state index in [9.17, 15) is 4.79 Å². The molecule has 0 saturated heterocycles. The number of nitrogens with one attached hydrogen (secondary N) is 1. The number of aromatic nitrogens is 2. The predicted molar refractivity (Wildman–Crippen MR) is 131 cm³/mol. The number of nitrogens with zero attached hydrogens (tertiary/aromatic N) is 2. The Labute approximate surface area is 190 Å². The number of fused-ring (bicyclic) bond motifs is 1. The van der Waals surface area contributed by atoms with E-state index in [0.29, 0.717) is 0 Å². The number of anilines is 1. The Balaban J connectivity index is 1.44. The van der Waals surface area contributed by atoms with Crippen LogP contribution in [0.3, 0.4) is 0 Å². The molecule has 5 aromatic rings. The van der Waals surface area contributed by atoms with Gasteiger partial charge in [0.25, 0.3) is 0 Å². The summed E-state index contributed by atoms with van der Waals surface area (Å²) in [6.45, 7) is 2.00. The van der Waals surface area contributed by atoms with E-state index in [4.69, 9.17) is 4.98 Å². The Kier molecular flexibility index (Phi) is 5.48. The van der Waals surface area contributed by atoms with Crippen LogP contribution in [0.25, 0.3) is 20.9 Å². The van der Waals surface area contributed by atoms with Crippen molar-refractivity contribution in [2.45, 2.75) is 12.8 Å². The van der Waals surface area contributed by atoms with Crippen molar-refractivity contribution in [2.24, 2.45) is 0 Å². The van der Waals surface area contributed by atoms with Gasteiger partial charge in [0.15, 0.2) is 0 Å². The number of amides is 1. The first-order chi connectivity index (χ1) is 15.7. The fraction of sp³-hybridized carbons (Fsp3) is 0.0741. The van der Waals surface area contributed by atoms with Crippen LogP contribution in [0.5, 0.6) is 0 Å². The molecule has 0 atom stereocenters. The van der Waals surface area contributed by atoms with Crippen molar-refractivity contribution >= 4 is 33.3 Å². The van der Waals surface area contributed by atoms with Gasteiger partial charge in [0.1, 0.15) is 15.4 Å². The first kappa shape index (κ1) is 20.1. The summed E-state index contributed by atoms with van der Waals surface area (Å²) in [5.74, 6) is -0.436. The smallest absolute Gasteiger partial charge is 0.236 e. The van der Waals surface area contributed by atoms with Crippen molar-refractivity contribution in [3.63, 3.8) is 0 Å². The third kappa shape index (κ3) is 4.03. The number of benzene rings is 3. The van der Waals surface area contributed by atoms with Gasteiger partial charge in [0, 0.05) is 17.4 Å². The molecule has 0 aliphatic heterocycles. The average Bonchev–Trinajstić information content (AvgIpc) is 3.26. The number of hydrogen-bond acceptors (Lipinski definition) is 4. The molecule has 2 heterocycles. The molecule has 0 radical (unpaired) electrons. The Bertz CT molecular complexity index is 1310. The molecule has 0 saturated carbocycles. The molecule has 0 spiro atoms. The van der Waals surface area contributed by atoms with Crippen molar-refractivity contribution in [3.05, 3.63) is 114 Å². The van der Waals surface area contributed by atoms with E-state index in [1.54, 1.807) is 17.5 Å². The third-order valence-corrected chi connectivity index (χ3v) is 6.45. The van der Waals surface area contributed by atoms with Crippen molar-refractivity contribution < 1.29 is 4.79 Å². The summed E-state index contributed by atoms with van der Waals surface area (Å²) in [6, 6.07) is 29.6. The van der Waals surface area contributed by atoms with Gasteiger partial charge in [-0.05, 0) is 53.9 Å². The van der Waals surface area contributed by atoms with E-state index in [0.717, 1.165) is 43.3 Å². The molecule has 0 aliphatic carbocycles. The Morgan fingerprint density at radius 1 is 0.875 bits per heavy atom. The van der Waals surface area contributed by atoms with Gasteiger partial charge in [0.2, 0.25) is 5.91 Å². The zero-order valence-corrected chi connectivity index (χ0v) is 18.3. The maximum Gasteiger partial charge on any atom is 0.236 e. The van der Waals surface area contributed by atoms with E-state index in [-0.39, 0.29) is 11.8 Å². The van der Waals surface area contributed by atoms with Gasteiger partial charge >= 0.3 is 0 Å². The fourth-order valence-corrected chi connectivity index (χ4v) is 4.73. The highest BCUT2D eigenvalue weighted by Crippen LogP contribution is 2.32. The molecule has 0 aliphatic rings. The first-order valence-electron chi connectivity index (χ1n) is 10.4. The van der Waals surface area contributed by atoms with Crippen molar-refractivity contribution in [2.75, 3.05) is 5.32 Å². The Hall–Kier alpha value is -3.83. The summed E-state index contributed by atoms with van der Waals surface area (Å²) < 4.78 is 0. The van der Waals surface area contributed by atoms with Crippen LogP contribution in [-0.4, -0.2) is 15.9 Å². The van der Waals surface area contributed by atoms with E-state index < -0.39 is 0 Å². The third-order valence-electron chi connectivity index (χ3n) is 5.43. The molecule has 3 aromatic carbocycles. The fourth-order valence-electron chi connectivity index (χ4n) is 3.82. The normalized spacial score (nSPS) is 11.1. The van der Waals surface area contributed by atoms with Crippen molar-refractivity contribution in [1.82, 2.24) is 9.97 Å². The topological polar surface area (TPSA) is 54.9 Å². The summed E-state index contributed by atoms with van der Waals surface area (Å²) in [5.41, 5.74) is 5.64. The molecule has 2 aromatic heterocycles. The lowest BCUT2D eigenvalue weighted by atomic mass is 9.90. The number of carbonyl (C=O) groups excluding carboxylic acids is 1. The minimum atomic E-state index is -0.383. The lowest BCUT2D eigenvalue weighted by molar-refractivity contribution is -0.116. The van der Waals surface area contributed by atoms with Crippen LogP contribution in [0.15, 0.2) is 97.2 Å². The van der Waals surface area contributed by atoms with Gasteiger partial charge in [-0.25, -0.2) is 9.97 Å². The van der Waals surface area contributed by atoms with Crippen molar-refractivity contribution in [1.29, 1.82) is 0 Å². The summed E-state index contributed by atoms with van der Waals surface area (Å²) in [5, 5.41) is 4.07. The number of pyridine rings is 1. The number of aryl methyl sites for hydroxylation is 1. The van der Waals surface area contributed by atoms with Gasteiger partial charge in [-0.3, -0.25) is 4.79 Å². The minimum absolute atomic E-state index is 0.0533. The number of rotatable bonds is 5. The largest absolute Gasteiger partial charge is 0.325 e. The SMILES string of the molecule is Cc1cc(-c2nc3cccnc3s2)ccc1NC(=O)C(c1ccccc1)c1ccccc1. The second-order valence-electron chi connectivity index (χ2n) is 7.62. The maximum atomic E-state index is 13.4. The monoisotopic (exact) mass is 435 g/mol. The van der Waals surface area contributed by atoms with Gasteiger partial charge in [-0.1, -0.05) is 72.0 Å². The standard InChI is InChI=1S/C27H21N3OS/c1-18-17-21(26-30-23-13-8-16-28-27(23)32-26)14-15-22(18)29-25(31)24(19-9-4-2-5-10-19)20-11-6-3-7-12-20/h2-17,24H,1H3,(H,29,31). The Morgan fingerprint density at radius 2 is 1.56 bits per heavy atom. The lowest BCUT2D eigenvalue weighted by Gasteiger charge is -2.19. The number of hydrogen-bond donors (Lipinski definition) is 1. The van der Waals surface area contributed by atoms with Crippen molar-refractivity contribution in [3.8, 4) is 10.6 Å². The van der Waals surface area contributed by atoms with E-state index in [1.807, 2.05) is 91.9 Å². The summed E-state index contributed by atoms with van der Waals surface area (Å²) in [4.78, 5) is 23.4. The molecule has 5 heteroatoms. The number of thiazole rings is 1. The molecule has 0 unspecified atom stereocenters. The zero-order chi connectivity index (χ0) is 21.9. The predicted octanol–water partition coefficient (Wildman–Crippen LogP) is 6.44. The van der Waals surface area contributed by atoms with Gasteiger partial charge in [0.05, 0.1) is 5.92 Å². The second kappa shape index (κ2) is 8.73. The molecular weight excluding hydrogens is 414 g/mol. The minimum Gasteiger partial charge on any atom is -0.325 e. The Morgan fingerprint density at radius 3 is 2.19 bits per heavy atom. The van der Waals surface area contributed by atoms with Crippen LogP contribution in [-0.2, 0) is 4.79 Å². The molecular formula is C27H21N3OS. The van der Waals surface area contributed by atoms with Gasteiger partial charge in [-0.15, -0.1) is 0 Å². The zero-order valence-electron chi connectivity index (χ0n) is 17.5. The quantitative estimate of drug-likeness (QED) is 0.346. The maximum absolute atomic E-state index is 13.4. The van der Waals surface area contributed by atoms with Gasteiger partial charge in [-0.2, -0.15) is 0 Å². The average molecular weight is 436 g/mol. The molecule has 1 N–H and O–H groups in total. The first-order valence-corrected chi connectivity index (χ1v) is 11.2. The molecule has 0 fully saturated rings. The molecule has 4 nitrogen and oxygen atoms in total.